The number of carbonyl (C=O) groups excluding carboxylic acids is 1. The summed E-state index contributed by atoms with van der Waals surface area (Å²) < 4.78 is 1.72. The van der Waals surface area contributed by atoms with Gasteiger partial charge in [-0.1, -0.05) is 11.6 Å². The summed E-state index contributed by atoms with van der Waals surface area (Å²) in [5.41, 5.74) is 0.343. The molecule has 1 N–H and O–H groups in total. The molecule has 1 amide bonds. The summed E-state index contributed by atoms with van der Waals surface area (Å²) in [4.78, 5) is 15.9. The zero-order valence-electron chi connectivity index (χ0n) is 10.1. The number of amides is 1. The Morgan fingerprint density at radius 2 is 2.17 bits per heavy atom. The number of nitrogens with zero attached hydrogens (tertiary/aromatic N) is 3. The monoisotopic (exact) mass is 264 g/mol. The van der Waals surface area contributed by atoms with Crippen LogP contribution < -0.4 is 5.32 Å². The largest absolute Gasteiger partial charge is 0.307 e. The molecule has 0 aromatic carbocycles. The van der Waals surface area contributed by atoms with E-state index in [0.717, 1.165) is 0 Å². The van der Waals surface area contributed by atoms with Gasteiger partial charge in [-0.3, -0.25) is 9.78 Å². The number of hydrogen-bond acceptors (Lipinski definition) is 3. The minimum absolute atomic E-state index is 0.166. The van der Waals surface area contributed by atoms with Crippen LogP contribution in [-0.2, 0) is 0 Å². The van der Waals surface area contributed by atoms with Gasteiger partial charge in [0.1, 0.15) is 5.82 Å². The molecule has 0 aliphatic carbocycles. The van der Waals surface area contributed by atoms with Crippen LogP contribution in [0.3, 0.4) is 0 Å². The average Bonchev–Trinajstić information content (AvgIpc) is 2.77. The van der Waals surface area contributed by atoms with E-state index in [1.807, 2.05) is 13.8 Å². The van der Waals surface area contributed by atoms with Gasteiger partial charge < -0.3 is 5.32 Å². The second kappa shape index (κ2) is 5.18. The number of aromatic nitrogens is 3. The average molecular weight is 265 g/mol. The van der Waals surface area contributed by atoms with E-state index >= 15 is 0 Å². The Labute approximate surface area is 110 Å². The lowest BCUT2D eigenvalue weighted by Gasteiger charge is -2.11. The molecule has 2 aromatic rings. The molecule has 6 heteroatoms. The maximum absolute atomic E-state index is 12.0. The molecule has 0 saturated heterocycles. The lowest BCUT2D eigenvalue weighted by atomic mass is 10.2. The van der Waals surface area contributed by atoms with Gasteiger partial charge in [0.2, 0.25) is 0 Å². The Kier molecular flexibility index (Phi) is 3.62. The molecule has 0 aliphatic rings. The first-order valence-corrected chi connectivity index (χ1v) is 5.91. The third-order valence-electron chi connectivity index (χ3n) is 2.41. The number of pyridine rings is 1. The molecule has 5 nitrogen and oxygen atoms in total. The smallest absolute Gasteiger partial charge is 0.259 e. The van der Waals surface area contributed by atoms with E-state index in [1.165, 1.54) is 12.4 Å². The van der Waals surface area contributed by atoms with Gasteiger partial charge in [-0.2, -0.15) is 5.10 Å². The van der Waals surface area contributed by atoms with Crippen LogP contribution in [0.1, 0.15) is 30.2 Å². The third kappa shape index (κ3) is 2.51. The van der Waals surface area contributed by atoms with Crippen molar-refractivity contribution < 1.29 is 4.79 Å². The van der Waals surface area contributed by atoms with E-state index in [2.05, 4.69) is 15.4 Å². The number of carbonyl (C=O) groups is 1. The topological polar surface area (TPSA) is 59.8 Å². The summed E-state index contributed by atoms with van der Waals surface area (Å²) in [6.45, 7) is 3.97. The lowest BCUT2D eigenvalue weighted by Crippen LogP contribution is -2.17. The molecule has 18 heavy (non-hydrogen) atoms. The van der Waals surface area contributed by atoms with E-state index < -0.39 is 0 Å². The van der Waals surface area contributed by atoms with E-state index in [4.69, 9.17) is 11.6 Å². The highest BCUT2D eigenvalue weighted by Gasteiger charge is 2.13. The fourth-order valence-corrected chi connectivity index (χ4v) is 1.74. The first kappa shape index (κ1) is 12.6. The molecule has 0 spiro atoms. The van der Waals surface area contributed by atoms with Crippen molar-refractivity contribution in [3.05, 3.63) is 41.3 Å². The predicted octanol–water partition coefficient (Wildman–Crippen LogP) is 2.76. The Bertz CT molecular complexity index is 565. The third-order valence-corrected chi connectivity index (χ3v) is 2.74. The molecule has 0 bridgehead atoms. The van der Waals surface area contributed by atoms with Crippen molar-refractivity contribution in [3.8, 4) is 0 Å². The first-order chi connectivity index (χ1) is 8.59. The molecular formula is C12H13ClN4O. The van der Waals surface area contributed by atoms with Crippen LogP contribution in [0, 0.1) is 0 Å². The minimum atomic E-state index is -0.296. The Balaban J connectivity index is 2.22. The van der Waals surface area contributed by atoms with Crippen LogP contribution >= 0.6 is 11.6 Å². The maximum Gasteiger partial charge on any atom is 0.259 e. The molecule has 0 aliphatic heterocycles. The molecular weight excluding hydrogens is 252 g/mol. The van der Waals surface area contributed by atoms with Crippen LogP contribution in [0.2, 0.25) is 5.02 Å². The van der Waals surface area contributed by atoms with Gasteiger partial charge in [-0.05, 0) is 19.9 Å². The Morgan fingerprint density at radius 1 is 1.39 bits per heavy atom. The maximum atomic E-state index is 12.0. The van der Waals surface area contributed by atoms with Gasteiger partial charge in [0, 0.05) is 24.5 Å². The summed E-state index contributed by atoms with van der Waals surface area (Å²) in [5, 5.41) is 7.28. The van der Waals surface area contributed by atoms with Crippen molar-refractivity contribution in [2.75, 3.05) is 5.32 Å². The van der Waals surface area contributed by atoms with Gasteiger partial charge >= 0.3 is 0 Å². The Hall–Kier alpha value is -1.88. The minimum Gasteiger partial charge on any atom is -0.307 e. The molecule has 2 rings (SSSR count). The van der Waals surface area contributed by atoms with Crippen molar-refractivity contribution in [2.45, 2.75) is 19.9 Å². The van der Waals surface area contributed by atoms with E-state index in [9.17, 15) is 4.79 Å². The van der Waals surface area contributed by atoms with Crippen LogP contribution in [-0.4, -0.2) is 20.7 Å². The predicted molar refractivity (Wildman–Crippen MR) is 69.8 cm³/mol. The van der Waals surface area contributed by atoms with Crippen LogP contribution in [0.25, 0.3) is 0 Å². The van der Waals surface area contributed by atoms with Crippen molar-refractivity contribution in [2.24, 2.45) is 0 Å². The normalized spacial score (nSPS) is 10.7. The van der Waals surface area contributed by atoms with Gasteiger partial charge in [-0.25, -0.2) is 4.68 Å². The van der Waals surface area contributed by atoms with Crippen LogP contribution in [0.5, 0.6) is 0 Å². The number of rotatable bonds is 3. The quantitative estimate of drug-likeness (QED) is 0.927. The number of nitrogens with one attached hydrogen (secondary N) is 1. The summed E-state index contributed by atoms with van der Waals surface area (Å²) in [7, 11) is 0. The fourth-order valence-electron chi connectivity index (χ4n) is 1.55. The van der Waals surface area contributed by atoms with Crippen molar-refractivity contribution in [1.82, 2.24) is 14.8 Å². The van der Waals surface area contributed by atoms with Crippen LogP contribution in [0.15, 0.2) is 30.7 Å². The summed E-state index contributed by atoms with van der Waals surface area (Å²) in [6.07, 6.45) is 4.62. The van der Waals surface area contributed by atoms with Gasteiger partial charge in [0.25, 0.3) is 5.91 Å². The second-order valence-electron chi connectivity index (χ2n) is 4.06. The van der Waals surface area contributed by atoms with Crippen molar-refractivity contribution in [1.29, 1.82) is 0 Å². The molecule has 0 atom stereocenters. The van der Waals surface area contributed by atoms with E-state index in [1.54, 1.807) is 23.0 Å². The molecule has 2 aromatic heterocycles. The van der Waals surface area contributed by atoms with Crippen molar-refractivity contribution >= 4 is 23.3 Å². The van der Waals surface area contributed by atoms with Crippen molar-refractivity contribution in [3.63, 3.8) is 0 Å². The van der Waals surface area contributed by atoms with E-state index in [0.29, 0.717) is 16.4 Å². The molecule has 0 unspecified atom stereocenters. The summed E-state index contributed by atoms with van der Waals surface area (Å²) in [5.74, 6) is 0.338. The number of halogens is 1. The molecule has 2 heterocycles. The molecule has 94 valence electrons. The number of hydrogen-bond donors (Lipinski definition) is 1. The zero-order chi connectivity index (χ0) is 13.1. The summed E-state index contributed by atoms with van der Waals surface area (Å²) >= 11 is 5.94. The second-order valence-corrected chi connectivity index (χ2v) is 4.47. The molecule has 0 radical (unpaired) electrons. The Morgan fingerprint density at radius 3 is 2.83 bits per heavy atom. The zero-order valence-corrected chi connectivity index (χ0v) is 10.8. The van der Waals surface area contributed by atoms with Gasteiger partial charge in [0.05, 0.1) is 16.8 Å². The lowest BCUT2D eigenvalue weighted by molar-refractivity contribution is 0.102. The van der Waals surface area contributed by atoms with Gasteiger partial charge in [0.15, 0.2) is 0 Å². The highest BCUT2D eigenvalue weighted by molar-refractivity contribution is 6.34. The SMILES string of the molecule is CC(C)n1nccc1NC(=O)c1cnccc1Cl. The van der Waals surface area contributed by atoms with Crippen LogP contribution in [0.4, 0.5) is 5.82 Å². The fraction of sp³-hybridized carbons (Fsp3) is 0.250. The molecule has 0 saturated carbocycles. The first-order valence-electron chi connectivity index (χ1n) is 5.54. The number of anilines is 1. The summed E-state index contributed by atoms with van der Waals surface area (Å²) in [6, 6.07) is 3.48. The molecule has 0 fully saturated rings. The highest BCUT2D eigenvalue weighted by atomic mass is 35.5. The highest BCUT2D eigenvalue weighted by Crippen LogP contribution is 2.17. The van der Waals surface area contributed by atoms with E-state index in [-0.39, 0.29) is 11.9 Å². The van der Waals surface area contributed by atoms with Gasteiger partial charge in [-0.15, -0.1) is 0 Å². The standard InChI is InChI=1S/C12H13ClN4O/c1-8(2)17-11(4-6-15-17)16-12(18)9-7-14-5-3-10(9)13/h3-8H,1-2H3,(H,16,18).